The molecule has 1 aliphatic heterocycles. The van der Waals surface area contributed by atoms with Crippen molar-refractivity contribution >= 4 is 5.91 Å². The summed E-state index contributed by atoms with van der Waals surface area (Å²) >= 11 is 0. The van der Waals surface area contributed by atoms with Crippen molar-refractivity contribution in [1.82, 2.24) is 9.88 Å². The van der Waals surface area contributed by atoms with Gasteiger partial charge in [0.1, 0.15) is 5.69 Å². The third kappa shape index (κ3) is 3.59. The Labute approximate surface area is 136 Å². The molecule has 3 rings (SSSR count). The summed E-state index contributed by atoms with van der Waals surface area (Å²) in [6.07, 6.45) is 1.17. The van der Waals surface area contributed by atoms with Crippen LogP contribution in [0.25, 0.3) is 0 Å². The zero-order valence-electron chi connectivity index (χ0n) is 13.4. The van der Waals surface area contributed by atoms with E-state index >= 15 is 0 Å². The molecule has 0 spiro atoms. The van der Waals surface area contributed by atoms with E-state index in [4.69, 9.17) is 0 Å². The summed E-state index contributed by atoms with van der Waals surface area (Å²) in [5, 5.41) is 10.5. The Balaban J connectivity index is 1.61. The molecule has 4 nitrogen and oxygen atoms in total. The van der Waals surface area contributed by atoms with Gasteiger partial charge in [-0.2, -0.15) is 0 Å². The van der Waals surface area contributed by atoms with Gasteiger partial charge in [0.15, 0.2) is 0 Å². The van der Waals surface area contributed by atoms with Gasteiger partial charge in [0, 0.05) is 18.8 Å². The van der Waals surface area contributed by atoms with Gasteiger partial charge in [-0.1, -0.05) is 36.4 Å². The Morgan fingerprint density at radius 1 is 1.13 bits per heavy atom. The number of aryl methyl sites for hydroxylation is 1. The number of carbonyl (C=O) groups is 1. The predicted molar refractivity (Wildman–Crippen MR) is 89.0 cm³/mol. The van der Waals surface area contributed by atoms with Crippen LogP contribution in [0.3, 0.4) is 0 Å². The van der Waals surface area contributed by atoms with Crippen LogP contribution in [0.15, 0.2) is 48.5 Å². The Morgan fingerprint density at radius 2 is 1.83 bits per heavy atom. The molecule has 1 aromatic heterocycles. The highest BCUT2D eigenvalue weighted by Gasteiger charge is 2.29. The fourth-order valence-corrected chi connectivity index (χ4v) is 3.16. The van der Waals surface area contributed by atoms with Gasteiger partial charge in [0.25, 0.3) is 5.91 Å². The number of aromatic nitrogens is 1. The van der Waals surface area contributed by atoms with E-state index in [1.807, 2.05) is 54.3 Å². The molecule has 1 N–H and O–H groups in total. The average molecular weight is 310 g/mol. The van der Waals surface area contributed by atoms with E-state index in [1.54, 1.807) is 6.07 Å². The number of amides is 1. The van der Waals surface area contributed by atoms with Gasteiger partial charge in [0.2, 0.25) is 0 Å². The van der Waals surface area contributed by atoms with Crippen molar-refractivity contribution < 1.29 is 9.90 Å². The number of likely N-dealkylation sites (tertiary alicyclic amines) is 1. The minimum atomic E-state index is -0.453. The van der Waals surface area contributed by atoms with Crippen LogP contribution in [-0.2, 0) is 0 Å². The molecule has 2 aromatic rings. The predicted octanol–water partition coefficient (Wildman–Crippen LogP) is 2.98. The maximum Gasteiger partial charge on any atom is 0.272 e. The van der Waals surface area contributed by atoms with Crippen LogP contribution in [0.2, 0.25) is 0 Å². The topological polar surface area (TPSA) is 53.4 Å². The lowest BCUT2D eigenvalue weighted by Gasteiger charge is -2.34. The van der Waals surface area contributed by atoms with E-state index in [-0.39, 0.29) is 11.8 Å². The molecule has 1 saturated heterocycles. The Hall–Kier alpha value is -2.20. The first-order valence-electron chi connectivity index (χ1n) is 8.11. The largest absolute Gasteiger partial charge is 0.388 e. The van der Waals surface area contributed by atoms with E-state index in [0.29, 0.717) is 18.8 Å². The fraction of sp³-hybridized carbons (Fsp3) is 0.368. The molecule has 0 bridgehead atoms. The first kappa shape index (κ1) is 15.7. The van der Waals surface area contributed by atoms with Crippen molar-refractivity contribution in [1.29, 1.82) is 0 Å². The summed E-state index contributed by atoms with van der Waals surface area (Å²) in [6, 6.07) is 15.3. The van der Waals surface area contributed by atoms with Crippen LogP contribution in [0.1, 0.15) is 40.7 Å². The molecule has 0 radical (unpaired) electrons. The zero-order valence-corrected chi connectivity index (χ0v) is 13.4. The summed E-state index contributed by atoms with van der Waals surface area (Å²) in [5.74, 6) is 0.188. The monoisotopic (exact) mass is 310 g/mol. The minimum Gasteiger partial charge on any atom is -0.388 e. The number of benzene rings is 1. The Kier molecular flexibility index (Phi) is 4.72. The third-order valence-electron chi connectivity index (χ3n) is 4.52. The second-order valence-corrected chi connectivity index (χ2v) is 6.15. The number of carbonyl (C=O) groups excluding carboxylic acids is 1. The quantitative estimate of drug-likeness (QED) is 0.948. The van der Waals surface area contributed by atoms with Crippen LogP contribution in [0, 0.1) is 12.8 Å². The van der Waals surface area contributed by atoms with Gasteiger partial charge < -0.3 is 10.0 Å². The van der Waals surface area contributed by atoms with Gasteiger partial charge in [-0.05, 0) is 43.4 Å². The number of aliphatic hydroxyl groups is 1. The van der Waals surface area contributed by atoms with E-state index < -0.39 is 6.10 Å². The molecule has 120 valence electrons. The summed E-state index contributed by atoms with van der Waals surface area (Å²) in [5.41, 5.74) is 2.31. The minimum absolute atomic E-state index is 0.0126. The molecule has 2 heterocycles. The number of hydrogen-bond donors (Lipinski definition) is 1. The highest BCUT2D eigenvalue weighted by Crippen LogP contribution is 2.30. The van der Waals surface area contributed by atoms with Crippen molar-refractivity contribution in [2.75, 3.05) is 13.1 Å². The molecule has 0 aliphatic carbocycles. The number of nitrogens with zero attached hydrogens (tertiary/aromatic N) is 2. The number of pyridine rings is 1. The van der Waals surface area contributed by atoms with Gasteiger partial charge >= 0.3 is 0 Å². The van der Waals surface area contributed by atoms with Crippen molar-refractivity contribution in [3.8, 4) is 0 Å². The number of piperidine rings is 1. The van der Waals surface area contributed by atoms with E-state index in [9.17, 15) is 9.90 Å². The fourth-order valence-electron chi connectivity index (χ4n) is 3.16. The zero-order chi connectivity index (χ0) is 16.2. The van der Waals surface area contributed by atoms with Crippen LogP contribution in [-0.4, -0.2) is 34.0 Å². The van der Waals surface area contributed by atoms with Gasteiger partial charge in [-0.3, -0.25) is 4.79 Å². The molecule has 0 saturated carbocycles. The maximum absolute atomic E-state index is 12.5. The SMILES string of the molecule is Cc1cccc(C(=O)N2CCC(C(O)c3ccccc3)CC2)n1. The maximum atomic E-state index is 12.5. The molecule has 1 aliphatic rings. The van der Waals surface area contributed by atoms with Gasteiger partial charge in [-0.25, -0.2) is 4.98 Å². The molecule has 1 atom stereocenters. The molecular formula is C19H22N2O2. The number of rotatable bonds is 3. The number of aliphatic hydroxyl groups excluding tert-OH is 1. The van der Waals surface area contributed by atoms with Crippen LogP contribution < -0.4 is 0 Å². The summed E-state index contributed by atoms with van der Waals surface area (Å²) in [7, 11) is 0. The summed E-state index contributed by atoms with van der Waals surface area (Å²) in [6.45, 7) is 3.23. The van der Waals surface area contributed by atoms with E-state index in [1.165, 1.54) is 0 Å². The second kappa shape index (κ2) is 6.92. The smallest absolute Gasteiger partial charge is 0.272 e. The summed E-state index contributed by atoms with van der Waals surface area (Å²) < 4.78 is 0. The van der Waals surface area contributed by atoms with Gasteiger partial charge in [-0.15, -0.1) is 0 Å². The molecule has 1 aromatic carbocycles. The standard InChI is InChI=1S/C19H22N2O2/c1-14-6-5-9-17(20-14)19(23)21-12-10-16(11-13-21)18(22)15-7-3-2-4-8-15/h2-9,16,18,22H,10-13H2,1H3. The lowest BCUT2D eigenvalue weighted by atomic mass is 9.87. The molecular weight excluding hydrogens is 288 g/mol. The lowest BCUT2D eigenvalue weighted by Crippen LogP contribution is -2.40. The van der Waals surface area contributed by atoms with Crippen molar-refractivity contribution in [3.05, 3.63) is 65.5 Å². The molecule has 23 heavy (non-hydrogen) atoms. The highest BCUT2D eigenvalue weighted by atomic mass is 16.3. The third-order valence-corrected chi connectivity index (χ3v) is 4.52. The normalized spacial score (nSPS) is 17.0. The van der Waals surface area contributed by atoms with E-state index in [0.717, 1.165) is 24.1 Å². The van der Waals surface area contributed by atoms with Crippen LogP contribution in [0.4, 0.5) is 0 Å². The van der Waals surface area contributed by atoms with Crippen molar-refractivity contribution in [2.24, 2.45) is 5.92 Å². The summed E-state index contributed by atoms with van der Waals surface area (Å²) in [4.78, 5) is 18.7. The van der Waals surface area contributed by atoms with Crippen molar-refractivity contribution in [2.45, 2.75) is 25.9 Å². The van der Waals surface area contributed by atoms with Crippen LogP contribution >= 0.6 is 0 Å². The van der Waals surface area contributed by atoms with Crippen LogP contribution in [0.5, 0.6) is 0 Å². The Bertz CT molecular complexity index is 664. The molecule has 1 amide bonds. The van der Waals surface area contributed by atoms with Gasteiger partial charge in [0.05, 0.1) is 6.10 Å². The molecule has 4 heteroatoms. The second-order valence-electron chi connectivity index (χ2n) is 6.15. The van der Waals surface area contributed by atoms with E-state index in [2.05, 4.69) is 4.98 Å². The average Bonchev–Trinajstić information content (AvgIpc) is 2.61. The van der Waals surface area contributed by atoms with Crippen molar-refractivity contribution in [3.63, 3.8) is 0 Å². The first-order valence-corrected chi connectivity index (χ1v) is 8.11. The lowest BCUT2D eigenvalue weighted by molar-refractivity contribution is 0.0458. The highest BCUT2D eigenvalue weighted by molar-refractivity contribution is 5.92. The molecule has 1 fully saturated rings. The Morgan fingerprint density at radius 3 is 2.48 bits per heavy atom. The molecule has 1 unspecified atom stereocenters. The number of hydrogen-bond acceptors (Lipinski definition) is 3. The first-order chi connectivity index (χ1) is 11.1.